The molecule has 1 fully saturated rings. The zero-order valence-electron chi connectivity index (χ0n) is 17.3. The van der Waals surface area contributed by atoms with Crippen molar-refractivity contribution in [2.75, 3.05) is 26.9 Å². The number of aromatic hydroxyl groups is 1. The van der Waals surface area contributed by atoms with E-state index >= 15 is 0 Å². The molecule has 2 N–H and O–H groups in total. The fourth-order valence-corrected chi connectivity index (χ4v) is 3.77. The molecule has 1 unspecified atom stereocenters. The second-order valence-electron chi connectivity index (χ2n) is 7.01. The summed E-state index contributed by atoms with van der Waals surface area (Å²) in [5.41, 5.74) is 0.815. The predicted molar refractivity (Wildman–Crippen MR) is 116 cm³/mol. The number of ether oxygens (including phenoxy) is 2. The van der Waals surface area contributed by atoms with Crippen molar-refractivity contribution in [2.45, 2.75) is 19.4 Å². The Hall–Kier alpha value is -3.03. The van der Waals surface area contributed by atoms with E-state index in [4.69, 9.17) is 21.1 Å². The molecule has 3 rings (SSSR count). The standard InChI is InChI=1S/C23H24ClNO6/c1-3-31-16-7-4-6-15(12-16)21(27)19-20(14-8-9-18(26)17(24)13-14)25(10-5-11-30-2)23(29)22(19)28/h4,6-9,12-13,20,26-27H,3,5,10-11H2,1-2H3/b21-19-. The zero-order chi connectivity index (χ0) is 22.5. The van der Waals surface area contributed by atoms with E-state index in [1.54, 1.807) is 37.4 Å². The highest BCUT2D eigenvalue weighted by atomic mass is 35.5. The van der Waals surface area contributed by atoms with Gasteiger partial charge in [-0.25, -0.2) is 0 Å². The summed E-state index contributed by atoms with van der Waals surface area (Å²) in [5.74, 6) is -1.39. The van der Waals surface area contributed by atoms with Crippen LogP contribution in [0.4, 0.5) is 0 Å². The zero-order valence-corrected chi connectivity index (χ0v) is 18.1. The highest BCUT2D eigenvalue weighted by molar-refractivity contribution is 6.46. The van der Waals surface area contributed by atoms with E-state index in [0.717, 1.165) is 0 Å². The van der Waals surface area contributed by atoms with Crippen molar-refractivity contribution in [3.8, 4) is 11.5 Å². The molecule has 0 spiro atoms. The van der Waals surface area contributed by atoms with Crippen LogP contribution in [0.1, 0.15) is 30.5 Å². The van der Waals surface area contributed by atoms with Crippen molar-refractivity contribution < 1.29 is 29.3 Å². The van der Waals surface area contributed by atoms with Gasteiger partial charge >= 0.3 is 0 Å². The Bertz CT molecular complexity index is 1020. The number of nitrogens with zero attached hydrogens (tertiary/aromatic N) is 1. The molecule has 2 aromatic carbocycles. The average Bonchev–Trinajstić information content (AvgIpc) is 3.01. The molecule has 1 aliphatic rings. The summed E-state index contributed by atoms with van der Waals surface area (Å²) in [5, 5.41) is 20.9. The number of carbonyl (C=O) groups is 2. The fourth-order valence-electron chi connectivity index (χ4n) is 3.59. The highest BCUT2D eigenvalue weighted by Gasteiger charge is 2.45. The molecule has 0 saturated carbocycles. The van der Waals surface area contributed by atoms with Gasteiger partial charge in [0.25, 0.3) is 11.7 Å². The second-order valence-corrected chi connectivity index (χ2v) is 7.42. The summed E-state index contributed by atoms with van der Waals surface area (Å²) >= 11 is 6.09. The number of Topliss-reactive ketones (excluding diaryl/α,β-unsaturated/α-hetero) is 1. The minimum absolute atomic E-state index is 0.0437. The van der Waals surface area contributed by atoms with Crippen LogP contribution in [0, 0.1) is 0 Å². The van der Waals surface area contributed by atoms with Gasteiger partial charge < -0.3 is 24.6 Å². The van der Waals surface area contributed by atoms with Crippen molar-refractivity contribution in [3.05, 3.63) is 64.2 Å². The van der Waals surface area contributed by atoms with Crippen LogP contribution in [-0.2, 0) is 14.3 Å². The van der Waals surface area contributed by atoms with Crippen molar-refractivity contribution in [1.29, 1.82) is 0 Å². The number of methoxy groups -OCH3 is 1. The monoisotopic (exact) mass is 445 g/mol. The maximum absolute atomic E-state index is 13.0. The predicted octanol–water partition coefficient (Wildman–Crippen LogP) is 3.90. The molecule has 164 valence electrons. The molecular weight excluding hydrogens is 422 g/mol. The summed E-state index contributed by atoms with van der Waals surface area (Å²) in [4.78, 5) is 27.2. The van der Waals surface area contributed by atoms with Crippen molar-refractivity contribution in [3.63, 3.8) is 0 Å². The molecule has 7 nitrogen and oxygen atoms in total. The van der Waals surface area contributed by atoms with Gasteiger partial charge in [-0.15, -0.1) is 0 Å². The minimum atomic E-state index is -0.856. The van der Waals surface area contributed by atoms with E-state index in [0.29, 0.717) is 36.5 Å². The van der Waals surface area contributed by atoms with Crippen LogP contribution in [0.3, 0.4) is 0 Å². The first-order valence-corrected chi connectivity index (χ1v) is 10.3. The Kier molecular flexibility index (Phi) is 7.20. The summed E-state index contributed by atoms with van der Waals surface area (Å²) in [6.45, 7) is 2.94. The van der Waals surface area contributed by atoms with Crippen LogP contribution < -0.4 is 4.74 Å². The lowest BCUT2D eigenvalue weighted by molar-refractivity contribution is -0.140. The van der Waals surface area contributed by atoms with Gasteiger partial charge in [-0.3, -0.25) is 9.59 Å². The number of hydrogen-bond donors (Lipinski definition) is 2. The number of amides is 1. The van der Waals surface area contributed by atoms with Gasteiger partial charge in [-0.1, -0.05) is 29.8 Å². The Morgan fingerprint density at radius 3 is 2.65 bits per heavy atom. The van der Waals surface area contributed by atoms with E-state index in [1.165, 1.54) is 17.0 Å². The lowest BCUT2D eigenvalue weighted by atomic mass is 9.95. The highest BCUT2D eigenvalue weighted by Crippen LogP contribution is 2.41. The van der Waals surface area contributed by atoms with Gasteiger partial charge in [0.1, 0.15) is 17.3 Å². The molecule has 0 radical (unpaired) electrons. The molecule has 0 aliphatic carbocycles. The Morgan fingerprint density at radius 2 is 1.97 bits per heavy atom. The number of ketones is 1. The van der Waals surface area contributed by atoms with E-state index in [9.17, 15) is 19.8 Å². The first kappa shape index (κ1) is 22.7. The minimum Gasteiger partial charge on any atom is -0.507 e. The van der Waals surface area contributed by atoms with E-state index < -0.39 is 17.7 Å². The third-order valence-electron chi connectivity index (χ3n) is 4.99. The van der Waals surface area contributed by atoms with Crippen molar-refractivity contribution in [1.82, 2.24) is 4.90 Å². The van der Waals surface area contributed by atoms with Crippen LogP contribution in [0.25, 0.3) is 5.76 Å². The molecule has 31 heavy (non-hydrogen) atoms. The summed E-state index contributed by atoms with van der Waals surface area (Å²) in [6.07, 6.45) is 0.506. The smallest absolute Gasteiger partial charge is 0.295 e. The molecule has 0 aromatic heterocycles. The summed E-state index contributed by atoms with van der Waals surface area (Å²) in [7, 11) is 1.55. The van der Waals surface area contributed by atoms with Gasteiger partial charge in [-0.05, 0) is 43.2 Å². The number of benzene rings is 2. The van der Waals surface area contributed by atoms with Crippen LogP contribution in [-0.4, -0.2) is 53.7 Å². The second kappa shape index (κ2) is 9.85. The molecular formula is C23H24ClNO6. The van der Waals surface area contributed by atoms with Gasteiger partial charge in [-0.2, -0.15) is 0 Å². The van der Waals surface area contributed by atoms with Crippen LogP contribution in [0.15, 0.2) is 48.0 Å². The van der Waals surface area contributed by atoms with Gasteiger partial charge in [0.05, 0.1) is 23.2 Å². The van der Waals surface area contributed by atoms with E-state index in [2.05, 4.69) is 0 Å². The normalized spacial score (nSPS) is 17.9. The largest absolute Gasteiger partial charge is 0.507 e. The number of halogens is 1. The van der Waals surface area contributed by atoms with Crippen molar-refractivity contribution >= 4 is 29.1 Å². The number of aliphatic hydroxyl groups excluding tert-OH is 1. The van der Waals surface area contributed by atoms with Crippen LogP contribution >= 0.6 is 11.6 Å². The Balaban J connectivity index is 2.13. The maximum atomic E-state index is 13.0. The fraction of sp³-hybridized carbons (Fsp3) is 0.304. The SMILES string of the molecule is CCOc1cccc(/C(O)=C2/C(=O)C(=O)N(CCCOC)C2c2ccc(O)c(Cl)c2)c1. The number of carbonyl (C=O) groups excluding carboxylic acids is 2. The first-order valence-electron chi connectivity index (χ1n) is 9.88. The molecule has 2 aromatic rings. The van der Waals surface area contributed by atoms with Gasteiger partial charge in [0, 0.05) is 25.8 Å². The van der Waals surface area contributed by atoms with E-state index in [1.807, 2.05) is 6.92 Å². The molecule has 1 atom stereocenters. The van der Waals surface area contributed by atoms with Crippen LogP contribution in [0.5, 0.6) is 11.5 Å². The molecule has 1 aliphatic heterocycles. The lowest BCUT2D eigenvalue weighted by Crippen LogP contribution is -2.31. The maximum Gasteiger partial charge on any atom is 0.295 e. The number of hydrogen-bond acceptors (Lipinski definition) is 6. The molecule has 8 heteroatoms. The molecule has 1 heterocycles. The Morgan fingerprint density at radius 1 is 1.19 bits per heavy atom. The average molecular weight is 446 g/mol. The third-order valence-corrected chi connectivity index (χ3v) is 5.30. The van der Waals surface area contributed by atoms with E-state index in [-0.39, 0.29) is 28.6 Å². The number of likely N-dealkylation sites (tertiary alicyclic amines) is 1. The van der Waals surface area contributed by atoms with Crippen LogP contribution in [0.2, 0.25) is 5.02 Å². The molecule has 0 bridgehead atoms. The number of phenols is 1. The number of phenolic OH excluding ortho intramolecular Hbond substituents is 1. The summed E-state index contributed by atoms with van der Waals surface area (Å²) < 4.78 is 10.5. The Labute approximate surface area is 185 Å². The number of rotatable bonds is 8. The quantitative estimate of drug-likeness (QED) is 0.277. The van der Waals surface area contributed by atoms with Crippen molar-refractivity contribution in [2.24, 2.45) is 0 Å². The molecule has 1 saturated heterocycles. The van der Waals surface area contributed by atoms with Gasteiger partial charge in [0.2, 0.25) is 0 Å². The summed E-state index contributed by atoms with van der Waals surface area (Å²) in [6, 6.07) is 10.3. The van der Waals surface area contributed by atoms with Gasteiger partial charge in [0.15, 0.2) is 0 Å². The lowest BCUT2D eigenvalue weighted by Gasteiger charge is -2.25. The third kappa shape index (κ3) is 4.68. The molecule has 1 amide bonds. The first-order chi connectivity index (χ1) is 14.9. The number of aliphatic hydroxyl groups is 1. The topological polar surface area (TPSA) is 96.3 Å².